The lowest BCUT2D eigenvalue weighted by atomic mass is 10.1. The van der Waals surface area contributed by atoms with Gasteiger partial charge in [-0.15, -0.1) is 0 Å². The van der Waals surface area contributed by atoms with Crippen LogP contribution in [-0.4, -0.2) is 17.6 Å². The molecule has 0 fully saturated rings. The van der Waals surface area contributed by atoms with Gasteiger partial charge in [-0.3, -0.25) is 4.79 Å². The molecule has 1 heterocycles. The molecule has 0 radical (unpaired) electrons. The Morgan fingerprint density at radius 3 is 2.45 bits per heavy atom. The average molecular weight is 301 g/mol. The number of hydrogen-bond acceptors (Lipinski definition) is 3. The van der Waals surface area contributed by atoms with E-state index in [1.54, 1.807) is 0 Å². The van der Waals surface area contributed by atoms with Crippen LogP contribution in [0.3, 0.4) is 0 Å². The summed E-state index contributed by atoms with van der Waals surface area (Å²) in [5.74, 6) is -2.70. The number of rotatable bonds is 4. The first-order chi connectivity index (χ1) is 9.16. The zero-order valence-electron chi connectivity index (χ0n) is 10.1. The van der Waals surface area contributed by atoms with Crippen LogP contribution < -0.4 is 0 Å². The third kappa shape index (κ3) is 3.84. The molecule has 0 saturated carbocycles. The second-order valence-corrected chi connectivity index (χ2v) is 3.64. The molecule has 0 aliphatic heterocycles. The number of carbonyl (C=O) groups excluding carboxylic acids is 1. The highest BCUT2D eigenvalue weighted by molar-refractivity contribution is 5.72. The van der Waals surface area contributed by atoms with Crippen LogP contribution >= 0.6 is 0 Å². The molecule has 0 aliphatic rings. The number of nitrogens with zero attached hydrogens (tertiary/aromatic N) is 1. The van der Waals surface area contributed by atoms with Gasteiger partial charge in [-0.1, -0.05) is 0 Å². The number of halogens is 6. The van der Waals surface area contributed by atoms with Gasteiger partial charge in [0.15, 0.2) is 5.69 Å². The minimum Gasteiger partial charge on any atom is -0.466 e. The van der Waals surface area contributed by atoms with E-state index < -0.39 is 47.8 Å². The van der Waals surface area contributed by atoms with E-state index in [4.69, 9.17) is 0 Å². The molecule has 0 aromatic carbocycles. The lowest BCUT2D eigenvalue weighted by molar-refractivity contribution is -0.145. The zero-order valence-corrected chi connectivity index (χ0v) is 10.1. The third-order valence-electron chi connectivity index (χ3n) is 2.18. The summed E-state index contributed by atoms with van der Waals surface area (Å²) in [4.78, 5) is 14.0. The van der Waals surface area contributed by atoms with Crippen LogP contribution in [0.2, 0.25) is 0 Å². The van der Waals surface area contributed by atoms with Crippen molar-refractivity contribution in [3.63, 3.8) is 0 Å². The van der Waals surface area contributed by atoms with Crippen molar-refractivity contribution in [1.29, 1.82) is 0 Å². The van der Waals surface area contributed by atoms with Crippen molar-refractivity contribution >= 4 is 5.97 Å². The molecule has 1 aromatic heterocycles. The van der Waals surface area contributed by atoms with Crippen molar-refractivity contribution in [1.82, 2.24) is 4.98 Å². The van der Waals surface area contributed by atoms with E-state index in [-0.39, 0.29) is 6.61 Å². The molecular weight excluding hydrogens is 292 g/mol. The number of esters is 1. The first kappa shape index (κ1) is 16.3. The first-order valence-electron chi connectivity index (χ1n) is 5.37. The fraction of sp³-hybridized carbons (Fsp3) is 0.455. The molecule has 0 atom stereocenters. The molecule has 3 nitrogen and oxygen atoms in total. The van der Waals surface area contributed by atoms with Gasteiger partial charge in [0.1, 0.15) is 5.82 Å². The Morgan fingerprint density at radius 2 is 2.00 bits per heavy atom. The van der Waals surface area contributed by atoms with Crippen LogP contribution in [0.15, 0.2) is 6.07 Å². The molecule has 1 rings (SSSR count). The molecule has 1 aromatic rings. The Morgan fingerprint density at radius 1 is 1.40 bits per heavy atom. The van der Waals surface area contributed by atoms with Gasteiger partial charge in [0.25, 0.3) is 6.43 Å². The van der Waals surface area contributed by atoms with Crippen LogP contribution in [0.4, 0.5) is 26.3 Å². The minimum atomic E-state index is -5.25. The summed E-state index contributed by atoms with van der Waals surface area (Å²) < 4.78 is 80.5. The van der Waals surface area contributed by atoms with E-state index in [0.29, 0.717) is 6.07 Å². The highest BCUT2D eigenvalue weighted by atomic mass is 19.4. The summed E-state index contributed by atoms with van der Waals surface area (Å²) >= 11 is 0. The van der Waals surface area contributed by atoms with Crippen LogP contribution in [0, 0.1) is 5.82 Å². The maximum Gasteiger partial charge on any atom is 0.433 e. The topological polar surface area (TPSA) is 39.2 Å². The van der Waals surface area contributed by atoms with E-state index in [1.165, 1.54) is 6.92 Å². The van der Waals surface area contributed by atoms with Crippen LogP contribution in [-0.2, 0) is 22.1 Å². The Kier molecular flexibility index (Phi) is 4.96. The van der Waals surface area contributed by atoms with Gasteiger partial charge in [0, 0.05) is 0 Å². The summed E-state index contributed by atoms with van der Waals surface area (Å²) in [6.45, 7) is 1.44. The van der Waals surface area contributed by atoms with E-state index >= 15 is 0 Å². The van der Waals surface area contributed by atoms with Crippen molar-refractivity contribution in [2.24, 2.45) is 0 Å². The molecule has 9 heteroatoms. The zero-order chi connectivity index (χ0) is 15.5. The van der Waals surface area contributed by atoms with Gasteiger partial charge in [-0.25, -0.2) is 18.2 Å². The Balaban J connectivity index is 3.25. The van der Waals surface area contributed by atoms with Crippen LogP contribution in [0.5, 0.6) is 0 Å². The Labute approximate surface area is 109 Å². The lowest BCUT2D eigenvalue weighted by Crippen LogP contribution is -2.17. The Hall–Kier alpha value is -1.80. The molecule has 0 bridgehead atoms. The normalized spacial score (nSPS) is 11.8. The standard InChI is InChI=1S/C11H9F6NO2/c1-2-20-7(19)4-5-3-6(12)8(10(13)14)9(18-5)11(15,16)17/h3,10H,2,4H2,1H3. The van der Waals surface area contributed by atoms with Gasteiger partial charge in [0.05, 0.1) is 24.3 Å². The average Bonchev–Trinajstić information content (AvgIpc) is 2.26. The number of alkyl halides is 5. The SMILES string of the molecule is CCOC(=O)Cc1cc(F)c(C(F)F)c(C(F)(F)F)n1. The highest BCUT2D eigenvalue weighted by Gasteiger charge is 2.40. The fourth-order valence-electron chi connectivity index (χ4n) is 1.45. The number of pyridine rings is 1. The molecule has 0 amide bonds. The van der Waals surface area contributed by atoms with Crippen molar-refractivity contribution in [3.8, 4) is 0 Å². The molecule has 0 aliphatic carbocycles. The van der Waals surface area contributed by atoms with Gasteiger partial charge >= 0.3 is 12.1 Å². The van der Waals surface area contributed by atoms with Crippen molar-refractivity contribution in [2.75, 3.05) is 6.61 Å². The van der Waals surface area contributed by atoms with E-state index in [9.17, 15) is 31.1 Å². The van der Waals surface area contributed by atoms with Gasteiger partial charge in [-0.05, 0) is 13.0 Å². The predicted octanol–water partition coefficient (Wildman–Crippen LogP) is 3.28. The summed E-state index contributed by atoms with van der Waals surface area (Å²) in [6.07, 6.45) is -9.66. The number of aromatic nitrogens is 1. The van der Waals surface area contributed by atoms with E-state index in [1.807, 2.05) is 0 Å². The maximum atomic E-state index is 13.4. The lowest BCUT2D eigenvalue weighted by Gasteiger charge is -2.13. The van der Waals surface area contributed by atoms with E-state index in [2.05, 4.69) is 9.72 Å². The third-order valence-corrected chi connectivity index (χ3v) is 2.18. The summed E-state index contributed by atoms with van der Waals surface area (Å²) in [5, 5.41) is 0. The number of hydrogen-bond donors (Lipinski definition) is 0. The van der Waals surface area contributed by atoms with E-state index in [0.717, 1.165) is 0 Å². The quantitative estimate of drug-likeness (QED) is 0.633. The monoisotopic (exact) mass is 301 g/mol. The number of carbonyl (C=O) groups is 1. The second-order valence-electron chi connectivity index (χ2n) is 3.64. The van der Waals surface area contributed by atoms with Crippen molar-refractivity contribution < 1.29 is 35.9 Å². The van der Waals surface area contributed by atoms with Gasteiger partial charge < -0.3 is 4.74 Å². The largest absolute Gasteiger partial charge is 0.466 e. The van der Waals surface area contributed by atoms with Gasteiger partial charge in [-0.2, -0.15) is 13.2 Å². The Bertz CT molecular complexity index is 500. The summed E-state index contributed by atoms with van der Waals surface area (Å²) in [7, 11) is 0. The second kappa shape index (κ2) is 6.10. The molecule has 20 heavy (non-hydrogen) atoms. The van der Waals surface area contributed by atoms with Crippen LogP contribution in [0.1, 0.15) is 30.3 Å². The maximum absolute atomic E-state index is 13.4. The molecular formula is C11H9F6NO2. The summed E-state index contributed by atoms with van der Waals surface area (Å²) in [6, 6.07) is 0.369. The molecule has 0 N–H and O–H groups in total. The minimum absolute atomic E-state index is 0.0252. The van der Waals surface area contributed by atoms with Crippen LogP contribution in [0.25, 0.3) is 0 Å². The summed E-state index contributed by atoms with van der Waals surface area (Å²) in [5.41, 5.74) is -4.49. The highest BCUT2D eigenvalue weighted by Crippen LogP contribution is 2.36. The molecule has 0 spiro atoms. The molecule has 112 valence electrons. The fourth-order valence-corrected chi connectivity index (χ4v) is 1.45. The molecule has 0 saturated heterocycles. The van der Waals surface area contributed by atoms with Gasteiger partial charge in [0.2, 0.25) is 0 Å². The van der Waals surface area contributed by atoms with Crippen molar-refractivity contribution in [2.45, 2.75) is 25.9 Å². The molecule has 0 unspecified atom stereocenters. The first-order valence-corrected chi connectivity index (χ1v) is 5.37. The van der Waals surface area contributed by atoms with Crippen molar-refractivity contribution in [3.05, 3.63) is 28.8 Å². The smallest absolute Gasteiger partial charge is 0.433 e. The predicted molar refractivity (Wildman–Crippen MR) is 54.5 cm³/mol. The number of ether oxygens (including phenoxy) is 1.